The molecule has 17 heavy (non-hydrogen) atoms. The van der Waals surface area contributed by atoms with Crippen LogP contribution >= 0.6 is 0 Å². The lowest BCUT2D eigenvalue weighted by Gasteiger charge is -2.46. The molecule has 1 aliphatic carbocycles. The molecule has 1 unspecified atom stereocenters. The fourth-order valence-corrected chi connectivity index (χ4v) is 3.16. The minimum absolute atomic E-state index is 0.0786. The Balaban J connectivity index is 2.30. The van der Waals surface area contributed by atoms with Gasteiger partial charge in [0.25, 0.3) is 0 Å². The van der Waals surface area contributed by atoms with E-state index in [9.17, 15) is 9.59 Å². The summed E-state index contributed by atoms with van der Waals surface area (Å²) in [7, 11) is 0. The Labute approximate surface area is 103 Å². The van der Waals surface area contributed by atoms with Crippen molar-refractivity contribution in [2.45, 2.75) is 64.0 Å². The largest absolute Gasteiger partial charge is 0.342 e. The van der Waals surface area contributed by atoms with Crippen molar-refractivity contribution >= 4 is 11.8 Å². The first-order chi connectivity index (χ1) is 8.15. The average molecular weight is 238 g/mol. The molecule has 1 atom stereocenters. The second kappa shape index (κ2) is 4.67. The van der Waals surface area contributed by atoms with Crippen LogP contribution in [-0.2, 0) is 9.59 Å². The van der Waals surface area contributed by atoms with Gasteiger partial charge >= 0.3 is 0 Å². The number of amides is 2. The Morgan fingerprint density at radius 2 is 1.94 bits per heavy atom. The van der Waals surface area contributed by atoms with E-state index in [1.807, 2.05) is 11.8 Å². The highest BCUT2D eigenvalue weighted by atomic mass is 16.2. The molecule has 1 spiro atoms. The van der Waals surface area contributed by atoms with Gasteiger partial charge in [0.2, 0.25) is 11.8 Å². The van der Waals surface area contributed by atoms with Gasteiger partial charge in [0, 0.05) is 6.54 Å². The van der Waals surface area contributed by atoms with Crippen molar-refractivity contribution in [1.29, 1.82) is 0 Å². The Bertz CT molecular complexity index is 321. The summed E-state index contributed by atoms with van der Waals surface area (Å²) in [4.78, 5) is 26.5. The van der Waals surface area contributed by atoms with E-state index in [1.165, 1.54) is 0 Å². The van der Waals surface area contributed by atoms with Gasteiger partial charge in [-0.1, -0.05) is 26.7 Å². The fourth-order valence-electron chi connectivity index (χ4n) is 3.16. The summed E-state index contributed by atoms with van der Waals surface area (Å²) >= 11 is 0. The molecular formula is C13H22N2O2. The van der Waals surface area contributed by atoms with Crippen LogP contribution in [0.5, 0.6) is 0 Å². The van der Waals surface area contributed by atoms with Gasteiger partial charge in [-0.05, 0) is 25.7 Å². The first-order valence-corrected chi connectivity index (χ1v) is 6.78. The highest BCUT2D eigenvalue weighted by Gasteiger charge is 2.52. The maximum absolute atomic E-state index is 12.4. The van der Waals surface area contributed by atoms with Gasteiger partial charge in [0.15, 0.2) is 0 Å². The first kappa shape index (κ1) is 12.4. The normalized spacial score (nSPS) is 27.6. The van der Waals surface area contributed by atoms with Crippen molar-refractivity contribution in [3.05, 3.63) is 0 Å². The third-order valence-corrected chi connectivity index (χ3v) is 4.09. The molecule has 2 rings (SSSR count). The molecule has 0 aromatic carbocycles. The van der Waals surface area contributed by atoms with Crippen molar-refractivity contribution in [2.24, 2.45) is 0 Å². The maximum atomic E-state index is 12.4. The van der Waals surface area contributed by atoms with Crippen LogP contribution in [-0.4, -0.2) is 34.8 Å². The first-order valence-electron chi connectivity index (χ1n) is 6.78. The number of rotatable bonds is 3. The van der Waals surface area contributed by atoms with Gasteiger partial charge in [-0.3, -0.25) is 9.59 Å². The molecule has 2 fully saturated rings. The Morgan fingerprint density at radius 1 is 1.29 bits per heavy atom. The predicted molar refractivity (Wildman–Crippen MR) is 65.4 cm³/mol. The molecule has 1 aliphatic heterocycles. The second-order valence-corrected chi connectivity index (χ2v) is 5.16. The minimum Gasteiger partial charge on any atom is -0.342 e. The maximum Gasteiger partial charge on any atom is 0.246 e. The molecule has 1 saturated carbocycles. The summed E-state index contributed by atoms with van der Waals surface area (Å²) in [6.07, 6.45) is 5.37. The number of hydrogen-bond donors (Lipinski definition) is 1. The molecule has 1 N–H and O–H groups in total. The summed E-state index contributed by atoms with van der Waals surface area (Å²) in [5, 5.41) is 2.91. The standard InChI is InChI=1S/C13H22N2O2/c1-3-9-15-11(16)10(4-2)14-12(17)13(15)7-5-6-8-13/h10H,3-9H2,1-2H3,(H,14,17). The van der Waals surface area contributed by atoms with Crippen LogP contribution in [0.4, 0.5) is 0 Å². The summed E-state index contributed by atoms with van der Waals surface area (Å²) in [5.41, 5.74) is -0.515. The van der Waals surface area contributed by atoms with Crippen molar-refractivity contribution in [2.75, 3.05) is 6.54 Å². The van der Waals surface area contributed by atoms with Gasteiger partial charge in [0.1, 0.15) is 11.6 Å². The van der Waals surface area contributed by atoms with Crippen molar-refractivity contribution in [3.8, 4) is 0 Å². The quantitative estimate of drug-likeness (QED) is 0.809. The predicted octanol–water partition coefficient (Wildman–Crippen LogP) is 1.45. The van der Waals surface area contributed by atoms with Crippen molar-refractivity contribution in [3.63, 3.8) is 0 Å². The lowest BCUT2D eigenvalue weighted by Crippen LogP contribution is -2.69. The monoisotopic (exact) mass is 238 g/mol. The van der Waals surface area contributed by atoms with Crippen LogP contribution in [0.15, 0.2) is 0 Å². The molecular weight excluding hydrogens is 216 g/mol. The zero-order valence-corrected chi connectivity index (χ0v) is 10.8. The summed E-state index contributed by atoms with van der Waals surface area (Å²) in [6.45, 7) is 4.71. The molecule has 0 bridgehead atoms. The highest BCUT2D eigenvalue weighted by Crippen LogP contribution is 2.38. The summed E-state index contributed by atoms with van der Waals surface area (Å²) in [5.74, 6) is 0.200. The average Bonchev–Trinajstić information content (AvgIpc) is 2.80. The molecule has 0 radical (unpaired) electrons. The van der Waals surface area contributed by atoms with E-state index in [0.29, 0.717) is 13.0 Å². The molecule has 1 saturated heterocycles. The summed E-state index contributed by atoms with van der Waals surface area (Å²) < 4.78 is 0. The van der Waals surface area contributed by atoms with E-state index in [1.54, 1.807) is 0 Å². The zero-order valence-electron chi connectivity index (χ0n) is 10.8. The van der Waals surface area contributed by atoms with E-state index in [0.717, 1.165) is 32.1 Å². The Morgan fingerprint density at radius 3 is 2.47 bits per heavy atom. The van der Waals surface area contributed by atoms with Gasteiger partial charge in [-0.25, -0.2) is 0 Å². The fraction of sp³-hybridized carbons (Fsp3) is 0.846. The van der Waals surface area contributed by atoms with E-state index >= 15 is 0 Å². The molecule has 96 valence electrons. The Hall–Kier alpha value is -1.06. The third-order valence-electron chi connectivity index (χ3n) is 4.09. The van der Waals surface area contributed by atoms with Crippen LogP contribution < -0.4 is 5.32 Å². The number of nitrogens with zero attached hydrogens (tertiary/aromatic N) is 1. The van der Waals surface area contributed by atoms with Gasteiger partial charge in [-0.2, -0.15) is 0 Å². The molecule has 0 aromatic heterocycles. The number of carbonyl (C=O) groups is 2. The van der Waals surface area contributed by atoms with Gasteiger partial charge in [0.05, 0.1) is 0 Å². The van der Waals surface area contributed by atoms with Crippen LogP contribution in [0.25, 0.3) is 0 Å². The van der Waals surface area contributed by atoms with E-state index < -0.39 is 5.54 Å². The lowest BCUT2D eigenvalue weighted by atomic mass is 9.88. The summed E-state index contributed by atoms with van der Waals surface area (Å²) in [6, 6.07) is -0.305. The highest BCUT2D eigenvalue weighted by molar-refractivity contribution is 6.00. The zero-order chi connectivity index (χ0) is 12.5. The smallest absolute Gasteiger partial charge is 0.246 e. The second-order valence-electron chi connectivity index (χ2n) is 5.16. The topological polar surface area (TPSA) is 49.4 Å². The van der Waals surface area contributed by atoms with Crippen LogP contribution in [0.2, 0.25) is 0 Å². The molecule has 4 heteroatoms. The van der Waals surface area contributed by atoms with Crippen molar-refractivity contribution < 1.29 is 9.59 Å². The van der Waals surface area contributed by atoms with Crippen LogP contribution in [0.3, 0.4) is 0 Å². The lowest BCUT2D eigenvalue weighted by molar-refractivity contribution is -0.157. The van der Waals surface area contributed by atoms with E-state index in [4.69, 9.17) is 0 Å². The number of carbonyl (C=O) groups excluding carboxylic acids is 2. The molecule has 2 aliphatic rings. The number of hydrogen-bond acceptors (Lipinski definition) is 2. The van der Waals surface area contributed by atoms with Crippen LogP contribution in [0, 0.1) is 0 Å². The third kappa shape index (κ3) is 1.83. The Kier molecular flexibility index (Phi) is 3.40. The number of nitrogens with one attached hydrogen (secondary N) is 1. The van der Waals surface area contributed by atoms with Crippen molar-refractivity contribution in [1.82, 2.24) is 10.2 Å². The van der Waals surface area contributed by atoms with E-state index in [2.05, 4.69) is 12.2 Å². The molecule has 2 amide bonds. The molecule has 1 heterocycles. The minimum atomic E-state index is -0.515. The van der Waals surface area contributed by atoms with Gasteiger partial charge < -0.3 is 10.2 Å². The molecule has 4 nitrogen and oxygen atoms in total. The number of piperazine rings is 1. The SMILES string of the molecule is CCCN1C(=O)C(CC)NC(=O)C12CCCC2. The van der Waals surface area contributed by atoms with E-state index in [-0.39, 0.29) is 17.9 Å². The van der Waals surface area contributed by atoms with Crippen LogP contribution in [0.1, 0.15) is 52.4 Å². The molecule has 0 aromatic rings. The van der Waals surface area contributed by atoms with Gasteiger partial charge in [-0.15, -0.1) is 0 Å².